The van der Waals surface area contributed by atoms with Gasteiger partial charge in [-0.2, -0.15) is 0 Å². The number of hydrogen-bond acceptors (Lipinski definition) is 3. The van der Waals surface area contributed by atoms with Crippen molar-refractivity contribution in [2.24, 2.45) is 11.8 Å². The lowest BCUT2D eigenvalue weighted by atomic mass is 9.80. The van der Waals surface area contributed by atoms with Gasteiger partial charge in [0.15, 0.2) is 0 Å². The summed E-state index contributed by atoms with van der Waals surface area (Å²) in [6, 6.07) is 0. The van der Waals surface area contributed by atoms with Crippen LogP contribution in [0.15, 0.2) is 0 Å². The lowest BCUT2D eigenvalue weighted by Crippen LogP contribution is -2.25. The minimum Gasteiger partial charge on any atom is -0.396 e. The molecule has 78 valence electrons. The van der Waals surface area contributed by atoms with Gasteiger partial charge in [0, 0.05) is 13.2 Å². The summed E-state index contributed by atoms with van der Waals surface area (Å²) in [5, 5.41) is 17.8. The van der Waals surface area contributed by atoms with Crippen molar-refractivity contribution in [2.45, 2.75) is 25.7 Å². The number of aliphatic hydroxyl groups excluding tert-OH is 2. The molecular formula is C10H20O3. The van der Waals surface area contributed by atoms with E-state index >= 15 is 0 Å². The SMILES string of the molecule is C1CO1.OCC1CCCCC1CO. The molecule has 2 fully saturated rings. The van der Waals surface area contributed by atoms with E-state index in [1.807, 2.05) is 0 Å². The van der Waals surface area contributed by atoms with Crippen LogP contribution in [0, 0.1) is 11.8 Å². The molecule has 0 bridgehead atoms. The molecule has 2 unspecified atom stereocenters. The highest BCUT2D eigenvalue weighted by molar-refractivity contribution is 4.73. The first-order chi connectivity index (χ1) is 6.38. The minimum atomic E-state index is 0.255. The zero-order valence-corrected chi connectivity index (χ0v) is 8.11. The van der Waals surface area contributed by atoms with E-state index in [1.54, 1.807) is 0 Å². The summed E-state index contributed by atoms with van der Waals surface area (Å²) in [7, 11) is 0. The predicted molar refractivity (Wildman–Crippen MR) is 50.4 cm³/mol. The molecular weight excluding hydrogens is 168 g/mol. The van der Waals surface area contributed by atoms with E-state index in [-0.39, 0.29) is 13.2 Å². The monoisotopic (exact) mass is 188 g/mol. The second-order valence-corrected chi connectivity index (χ2v) is 3.78. The highest BCUT2D eigenvalue weighted by atomic mass is 16.6. The summed E-state index contributed by atoms with van der Waals surface area (Å²) < 4.78 is 4.50. The van der Waals surface area contributed by atoms with Gasteiger partial charge in [0.1, 0.15) is 0 Å². The van der Waals surface area contributed by atoms with Crippen LogP contribution in [0.3, 0.4) is 0 Å². The molecule has 0 aromatic carbocycles. The molecule has 0 amide bonds. The van der Waals surface area contributed by atoms with Crippen molar-refractivity contribution in [2.75, 3.05) is 26.4 Å². The Morgan fingerprint density at radius 1 is 0.923 bits per heavy atom. The van der Waals surface area contributed by atoms with Gasteiger partial charge in [0.2, 0.25) is 0 Å². The molecule has 13 heavy (non-hydrogen) atoms. The molecule has 0 aromatic rings. The molecule has 2 aliphatic rings. The molecule has 2 atom stereocenters. The van der Waals surface area contributed by atoms with Gasteiger partial charge in [-0.3, -0.25) is 0 Å². The molecule has 0 radical (unpaired) electrons. The third-order valence-corrected chi connectivity index (χ3v) is 2.74. The normalized spacial score (nSPS) is 31.8. The van der Waals surface area contributed by atoms with Crippen LogP contribution in [0.1, 0.15) is 25.7 Å². The highest BCUT2D eigenvalue weighted by Gasteiger charge is 2.23. The first kappa shape index (κ1) is 11.0. The lowest BCUT2D eigenvalue weighted by molar-refractivity contribution is 0.0869. The first-order valence-corrected chi connectivity index (χ1v) is 5.18. The summed E-state index contributed by atoms with van der Waals surface area (Å²) in [6.07, 6.45) is 4.65. The molecule has 1 aliphatic heterocycles. The van der Waals surface area contributed by atoms with Crippen molar-refractivity contribution in [3.05, 3.63) is 0 Å². The van der Waals surface area contributed by atoms with Crippen LogP contribution in [0.4, 0.5) is 0 Å². The molecule has 0 aromatic heterocycles. The van der Waals surface area contributed by atoms with Gasteiger partial charge in [0.25, 0.3) is 0 Å². The minimum absolute atomic E-state index is 0.255. The summed E-state index contributed by atoms with van der Waals surface area (Å²) in [5.41, 5.74) is 0. The van der Waals surface area contributed by atoms with Gasteiger partial charge < -0.3 is 14.9 Å². The van der Waals surface area contributed by atoms with Gasteiger partial charge in [0.05, 0.1) is 13.2 Å². The number of aliphatic hydroxyl groups is 2. The fraction of sp³-hybridized carbons (Fsp3) is 1.00. The van der Waals surface area contributed by atoms with Crippen LogP contribution in [0.25, 0.3) is 0 Å². The standard InChI is InChI=1S/C8H16O2.C2H4O/c9-5-7-3-1-2-4-8(7)6-10;1-2-3-1/h7-10H,1-6H2;1-2H2. The van der Waals surface area contributed by atoms with Crippen LogP contribution >= 0.6 is 0 Å². The first-order valence-electron chi connectivity index (χ1n) is 5.18. The Morgan fingerprint density at radius 2 is 1.31 bits per heavy atom. The van der Waals surface area contributed by atoms with Gasteiger partial charge in [-0.15, -0.1) is 0 Å². The number of hydrogen-bond donors (Lipinski definition) is 2. The van der Waals surface area contributed by atoms with E-state index in [0.717, 1.165) is 26.1 Å². The van der Waals surface area contributed by atoms with Crippen molar-refractivity contribution in [3.8, 4) is 0 Å². The van der Waals surface area contributed by atoms with Crippen molar-refractivity contribution >= 4 is 0 Å². The van der Waals surface area contributed by atoms with E-state index in [9.17, 15) is 0 Å². The van der Waals surface area contributed by atoms with E-state index in [1.165, 1.54) is 12.8 Å². The quantitative estimate of drug-likeness (QED) is 0.630. The van der Waals surface area contributed by atoms with Crippen LogP contribution < -0.4 is 0 Å². The molecule has 2 rings (SSSR count). The Labute approximate surface area is 79.7 Å². The predicted octanol–water partition coefficient (Wildman–Crippen LogP) is 0.794. The third-order valence-electron chi connectivity index (χ3n) is 2.74. The van der Waals surface area contributed by atoms with Gasteiger partial charge in [-0.25, -0.2) is 0 Å². The van der Waals surface area contributed by atoms with E-state index in [2.05, 4.69) is 4.74 Å². The topological polar surface area (TPSA) is 53.0 Å². The van der Waals surface area contributed by atoms with Gasteiger partial charge in [-0.05, 0) is 24.7 Å². The lowest BCUT2D eigenvalue weighted by Gasteiger charge is -2.28. The second kappa shape index (κ2) is 6.35. The Hall–Kier alpha value is -0.120. The third kappa shape index (κ3) is 4.60. The maximum absolute atomic E-state index is 8.88. The zero-order chi connectivity index (χ0) is 9.52. The largest absolute Gasteiger partial charge is 0.396 e. The van der Waals surface area contributed by atoms with Crippen LogP contribution in [-0.2, 0) is 4.74 Å². The van der Waals surface area contributed by atoms with Gasteiger partial charge >= 0.3 is 0 Å². The number of epoxide rings is 1. The smallest absolute Gasteiger partial charge is 0.0701 e. The molecule has 2 N–H and O–H groups in total. The highest BCUT2D eigenvalue weighted by Crippen LogP contribution is 2.28. The Morgan fingerprint density at radius 3 is 1.54 bits per heavy atom. The van der Waals surface area contributed by atoms with E-state index < -0.39 is 0 Å². The van der Waals surface area contributed by atoms with Crippen molar-refractivity contribution in [1.82, 2.24) is 0 Å². The maximum atomic E-state index is 8.88. The average molecular weight is 188 g/mol. The Balaban J connectivity index is 0.000000236. The molecule has 1 saturated carbocycles. The molecule has 3 heteroatoms. The van der Waals surface area contributed by atoms with Crippen LogP contribution in [0.2, 0.25) is 0 Å². The second-order valence-electron chi connectivity index (χ2n) is 3.78. The van der Waals surface area contributed by atoms with Crippen molar-refractivity contribution in [1.29, 1.82) is 0 Å². The van der Waals surface area contributed by atoms with E-state index in [4.69, 9.17) is 10.2 Å². The summed E-state index contributed by atoms with van der Waals surface area (Å²) in [6.45, 7) is 2.51. The number of rotatable bonds is 2. The summed E-state index contributed by atoms with van der Waals surface area (Å²) in [5.74, 6) is 0.748. The van der Waals surface area contributed by atoms with Crippen molar-refractivity contribution in [3.63, 3.8) is 0 Å². The molecule has 1 saturated heterocycles. The molecule has 1 heterocycles. The van der Waals surface area contributed by atoms with Crippen LogP contribution in [0.5, 0.6) is 0 Å². The Kier molecular flexibility index (Phi) is 5.35. The Bertz CT molecular complexity index is 111. The van der Waals surface area contributed by atoms with E-state index in [0.29, 0.717) is 11.8 Å². The molecule has 0 spiro atoms. The maximum Gasteiger partial charge on any atom is 0.0701 e. The molecule has 3 nitrogen and oxygen atoms in total. The fourth-order valence-corrected chi connectivity index (χ4v) is 1.77. The zero-order valence-electron chi connectivity index (χ0n) is 8.11. The van der Waals surface area contributed by atoms with Crippen molar-refractivity contribution < 1.29 is 14.9 Å². The fourth-order valence-electron chi connectivity index (χ4n) is 1.77. The summed E-state index contributed by atoms with van der Waals surface area (Å²) >= 11 is 0. The van der Waals surface area contributed by atoms with Gasteiger partial charge in [-0.1, -0.05) is 12.8 Å². The summed E-state index contributed by atoms with van der Waals surface area (Å²) in [4.78, 5) is 0. The number of ether oxygens (including phenoxy) is 1. The molecule has 1 aliphatic carbocycles. The van der Waals surface area contributed by atoms with Crippen LogP contribution in [-0.4, -0.2) is 36.6 Å². The average Bonchev–Trinajstić information content (AvgIpc) is 3.04.